The van der Waals surface area contributed by atoms with E-state index in [1.54, 1.807) is 0 Å². The van der Waals surface area contributed by atoms with Crippen LogP contribution in [0.5, 0.6) is 0 Å². The van der Waals surface area contributed by atoms with Crippen LogP contribution >= 0.6 is 0 Å². The number of hydrogen-bond acceptors (Lipinski definition) is 2. The van der Waals surface area contributed by atoms with Gasteiger partial charge in [0.2, 0.25) is 0 Å². The predicted octanol–water partition coefficient (Wildman–Crippen LogP) is 2.87. The van der Waals surface area contributed by atoms with Gasteiger partial charge >= 0.3 is 0 Å². The maximum absolute atomic E-state index is 4.08. The topological polar surface area (TPSA) is 16.1 Å². The molecule has 82 valence electrons. The normalized spacial score (nSPS) is 22.5. The lowest BCUT2D eigenvalue weighted by atomic mass is 10.1. The maximum Gasteiger partial charge on any atom is 0.0349 e. The van der Waals surface area contributed by atoms with Crippen molar-refractivity contribution in [2.24, 2.45) is 5.92 Å². The first-order chi connectivity index (χ1) is 7.27. The molecule has 0 aliphatic carbocycles. The molecule has 2 heteroatoms. The molecule has 0 radical (unpaired) electrons. The summed E-state index contributed by atoms with van der Waals surface area (Å²) in [5, 5.41) is 0. The summed E-state index contributed by atoms with van der Waals surface area (Å²) in [5.41, 5.74) is 1.43. The van der Waals surface area contributed by atoms with Crippen LogP contribution in [0.25, 0.3) is 0 Å². The monoisotopic (exact) mass is 204 g/mol. The molecule has 0 bridgehead atoms. The van der Waals surface area contributed by atoms with Crippen LogP contribution in [0, 0.1) is 5.92 Å². The minimum absolute atomic E-state index is 0.635. The van der Waals surface area contributed by atoms with E-state index in [1.165, 1.54) is 31.5 Å². The van der Waals surface area contributed by atoms with Gasteiger partial charge in [-0.25, -0.2) is 0 Å². The molecule has 0 spiro atoms. The van der Waals surface area contributed by atoms with Gasteiger partial charge in [0.15, 0.2) is 0 Å². The van der Waals surface area contributed by atoms with E-state index in [9.17, 15) is 0 Å². The standard InChI is InChI=1S/C13H20N2/c1-11(2)10-15-9-3-4-13(15)12-5-7-14-8-6-12/h5-8,11,13H,3-4,9-10H2,1-2H3. The Morgan fingerprint density at radius 2 is 2.13 bits per heavy atom. The molecule has 0 saturated carbocycles. The van der Waals surface area contributed by atoms with E-state index >= 15 is 0 Å². The van der Waals surface area contributed by atoms with Crippen molar-refractivity contribution in [1.82, 2.24) is 9.88 Å². The van der Waals surface area contributed by atoms with Crippen LogP contribution in [0.15, 0.2) is 24.5 Å². The molecule has 2 rings (SSSR count). The summed E-state index contributed by atoms with van der Waals surface area (Å²) in [6.45, 7) is 7.06. The fraction of sp³-hybridized carbons (Fsp3) is 0.615. The Bertz CT molecular complexity index is 295. The van der Waals surface area contributed by atoms with Crippen LogP contribution < -0.4 is 0 Å². The summed E-state index contributed by atoms with van der Waals surface area (Å²) in [6.07, 6.45) is 6.44. The minimum Gasteiger partial charge on any atom is -0.296 e. The molecule has 1 atom stereocenters. The second-order valence-electron chi connectivity index (χ2n) is 4.83. The van der Waals surface area contributed by atoms with E-state index in [2.05, 4.69) is 35.9 Å². The molecule has 1 aliphatic rings. The highest BCUT2D eigenvalue weighted by Crippen LogP contribution is 2.31. The number of hydrogen-bond donors (Lipinski definition) is 0. The van der Waals surface area contributed by atoms with E-state index in [0.29, 0.717) is 6.04 Å². The van der Waals surface area contributed by atoms with Gasteiger partial charge in [-0.1, -0.05) is 13.8 Å². The number of likely N-dealkylation sites (tertiary alicyclic amines) is 1. The van der Waals surface area contributed by atoms with Gasteiger partial charge in [-0.2, -0.15) is 0 Å². The summed E-state index contributed by atoms with van der Waals surface area (Å²) in [4.78, 5) is 6.70. The average Bonchev–Trinajstić information content (AvgIpc) is 2.66. The summed E-state index contributed by atoms with van der Waals surface area (Å²) < 4.78 is 0. The Balaban J connectivity index is 2.08. The van der Waals surface area contributed by atoms with Crippen LogP contribution in [0.1, 0.15) is 38.3 Å². The van der Waals surface area contributed by atoms with Gasteiger partial charge in [0, 0.05) is 25.0 Å². The highest BCUT2D eigenvalue weighted by atomic mass is 15.2. The van der Waals surface area contributed by atoms with Crippen LogP contribution in [-0.2, 0) is 0 Å². The molecule has 1 aromatic heterocycles. The fourth-order valence-electron chi connectivity index (χ4n) is 2.48. The first kappa shape index (κ1) is 10.6. The van der Waals surface area contributed by atoms with Gasteiger partial charge in [-0.15, -0.1) is 0 Å². The second-order valence-corrected chi connectivity index (χ2v) is 4.83. The van der Waals surface area contributed by atoms with Gasteiger partial charge in [0.25, 0.3) is 0 Å². The Kier molecular flexibility index (Phi) is 3.37. The molecule has 1 fully saturated rings. The highest BCUT2D eigenvalue weighted by molar-refractivity contribution is 5.16. The van der Waals surface area contributed by atoms with Gasteiger partial charge in [0.05, 0.1) is 0 Å². The first-order valence-corrected chi connectivity index (χ1v) is 5.91. The van der Waals surface area contributed by atoms with Crippen LogP contribution in [0.3, 0.4) is 0 Å². The van der Waals surface area contributed by atoms with Crippen molar-refractivity contribution < 1.29 is 0 Å². The predicted molar refractivity (Wildman–Crippen MR) is 62.6 cm³/mol. The summed E-state index contributed by atoms with van der Waals surface area (Å²) >= 11 is 0. The summed E-state index contributed by atoms with van der Waals surface area (Å²) in [6, 6.07) is 4.95. The molecule has 15 heavy (non-hydrogen) atoms. The molecule has 1 unspecified atom stereocenters. The van der Waals surface area contributed by atoms with E-state index < -0.39 is 0 Å². The number of rotatable bonds is 3. The third-order valence-electron chi connectivity index (χ3n) is 3.05. The van der Waals surface area contributed by atoms with Crippen LogP contribution in [0.4, 0.5) is 0 Å². The average molecular weight is 204 g/mol. The third kappa shape index (κ3) is 2.57. The Labute approximate surface area is 92.3 Å². The molecular formula is C13H20N2. The zero-order chi connectivity index (χ0) is 10.7. The number of nitrogens with zero attached hydrogens (tertiary/aromatic N) is 2. The lowest BCUT2D eigenvalue weighted by molar-refractivity contribution is 0.229. The smallest absolute Gasteiger partial charge is 0.0349 e. The zero-order valence-electron chi connectivity index (χ0n) is 9.69. The van der Waals surface area contributed by atoms with Crippen molar-refractivity contribution in [1.29, 1.82) is 0 Å². The van der Waals surface area contributed by atoms with E-state index in [-0.39, 0.29) is 0 Å². The van der Waals surface area contributed by atoms with Gasteiger partial charge in [-0.3, -0.25) is 9.88 Å². The quantitative estimate of drug-likeness (QED) is 0.752. The van der Waals surface area contributed by atoms with Crippen molar-refractivity contribution >= 4 is 0 Å². The molecule has 0 aromatic carbocycles. The lowest BCUT2D eigenvalue weighted by Crippen LogP contribution is -2.27. The number of pyridine rings is 1. The zero-order valence-corrected chi connectivity index (χ0v) is 9.69. The van der Waals surface area contributed by atoms with E-state index in [4.69, 9.17) is 0 Å². The summed E-state index contributed by atoms with van der Waals surface area (Å²) in [7, 11) is 0. The molecule has 1 aromatic rings. The molecule has 2 heterocycles. The Morgan fingerprint density at radius 1 is 1.40 bits per heavy atom. The van der Waals surface area contributed by atoms with Crippen molar-refractivity contribution in [2.45, 2.75) is 32.7 Å². The van der Waals surface area contributed by atoms with E-state index in [0.717, 1.165) is 5.92 Å². The van der Waals surface area contributed by atoms with Gasteiger partial charge in [-0.05, 0) is 43.0 Å². The number of aromatic nitrogens is 1. The van der Waals surface area contributed by atoms with Crippen LogP contribution in [-0.4, -0.2) is 23.0 Å². The maximum atomic E-state index is 4.08. The third-order valence-corrected chi connectivity index (χ3v) is 3.05. The van der Waals surface area contributed by atoms with E-state index in [1.807, 2.05) is 12.4 Å². The largest absolute Gasteiger partial charge is 0.296 e. The van der Waals surface area contributed by atoms with Gasteiger partial charge < -0.3 is 0 Å². The van der Waals surface area contributed by atoms with Crippen LogP contribution in [0.2, 0.25) is 0 Å². The SMILES string of the molecule is CC(C)CN1CCCC1c1ccncc1. The lowest BCUT2D eigenvalue weighted by Gasteiger charge is -2.26. The summed E-state index contributed by atoms with van der Waals surface area (Å²) in [5.74, 6) is 0.757. The second kappa shape index (κ2) is 4.75. The molecule has 0 amide bonds. The fourth-order valence-corrected chi connectivity index (χ4v) is 2.48. The first-order valence-electron chi connectivity index (χ1n) is 5.91. The van der Waals surface area contributed by atoms with Crippen molar-refractivity contribution in [2.75, 3.05) is 13.1 Å². The Morgan fingerprint density at radius 3 is 2.80 bits per heavy atom. The van der Waals surface area contributed by atoms with Gasteiger partial charge in [0.1, 0.15) is 0 Å². The highest BCUT2D eigenvalue weighted by Gasteiger charge is 2.25. The van der Waals surface area contributed by atoms with Crippen molar-refractivity contribution in [3.8, 4) is 0 Å². The minimum atomic E-state index is 0.635. The Hall–Kier alpha value is -0.890. The molecule has 1 aliphatic heterocycles. The molecule has 0 N–H and O–H groups in total. The van der Waals surface area contributed by atoms with Crippen molar-refractivity contribution in [3.05, 3.63) is 30.1 Å². The molecular weight excluding hydrogens is 184 g/mol. The molecule has 1 saturated heterocycles. The molecule has 2 nitrogen and oxygen atoms in total. The van der Waals surface area contributed by atoms with Crippen molar-refractivity contribution in [3.63, 3.8) is 0 Å².